The molecule has 0 spiro atoms. The Morgan fingerprint density at radius 3 is 2.55 bits per heavy atom. The molecule has 0 saturated heterocycles. The topological polar surface area (TPSA) is 36.4 Å². The quantitative estimate of drug-likeness (QED) is 0.461. The molecule has 0 radical (unpaired) electrons. The number of hydrogen-bond acceptors (Lipinski definition) is 4. The normalized spacial score (nSPS) is 11.2. The van der Waals surface area contributed by atoms with E-state index in [1.807, 2.05) is 6.92 Å². The summed E-state index contributed by atoms with van der Waals surface area (Å²) in [4.78, 5) is 3.58. The van der Waals surface area contributed by atoms with Gasteiger partial charge in [0.2, 0.25) is 0 Å². The third-order valence-corrected chi connectivity index (χ3v) is 2.71. The zero-order valence-corrected chi connectivity index (χ0v) is 11.9. The fourth-order valence-corrected chi connectivity index (χ4v) is 1.79. The lowest BCUT2D eigenvalue weighted by molar-refractivity contribution is -0.138. The second kappa shape index (κ2) is 8.11. The van der Waals surface area contributed by atoms with Crippen molar-refractivity contribution in [3.05, 3.63) is 29.3 Å². The van der Waals surface area contributed by atoms with Crippen LogP contribution in [0, 0.1) is 0 Å². The van der Waals surface area contributed by atoms with Crippen LogP contribution in [0.25, 0.3) is 0 Å². The zero-order chi connectivity index (χ0) is 15.0. The largest absolute Gasteiger partial charge is 0.416 e. The lowest BCUT2D eigenvalue weighted by Crippen LogP contribution is -2.27. The number of nitrogens with zero attached hydrogens (tertiary/aromatic N) is 1. The fraction of sp³-hybridized carbons (Fsp3) is 0.462. The third kappa shape index (κ3) is 5.38. The maximum atomic E-state index is 13.0. The van der Waals surface area contributed by atoms with E-state index >= 15 is 0 Å². The fourth-order valence-electron chi connectivity index (χ4n) is 1.68. The molecule has 0 saturated carbocycles. The van der Waals surface area contributed by atoms with Crippen LogP contribution in [0.3, 0.4) is 0 Å². The SMILES string of the molecule is CCNCCNCc1ccc(N=C=S)cc1C(F)(F)F. The standard InChI is InChI=1S/C13H16F3N3S/c1-2-17-5-6-18-8-10-3-4-11(19-9-20)7-12(10)13(14,15)16/h3-4,7,17-18H,2,5-6,8H2,1H3. The highest BCUT2D eigenvalue weighted by molar-refractivity contribution is 7.78. The molecule has 0 fully saturated rings. The maximum Gasteiger partial charge on any atom is 0.416 e. The minimum Gasteiger partial charge on any atom is -0.316 e. The Morgan fingerprint density at radius 2 is 1.95 bits per heavy atom. The van der Waals surface area contributed by atoms with Gasteiger partial charge < -0.3 is 10.6 Å². The summed E-state index contributed by atoms with van der Waals surface area (Å²) in [5, 5.41) is 8.12. The van der Waals surface area contributed by atoms with E-state index in [1.165, 1.54) is 12.1 Å². The number of rotatable bonds is 7. The average Bonchev–Trinajstić information content (AvgIpc) is 2.39. The molecule has 0 atom stereocenters. The van der Waals surface area contributed by atoms with Gasteiger partial charge in [0.25, 0.3) is 0 Å². The van der Waals surface area contributed by atoms with Crippen molar-refractivity contribution in [2.75, 3.05) is 19.6 Å². The molecule has 7 heteroatoms. The Balaban J connectivity index is 2.81. The van der Waals surface area contributed by atoms with Gasteiger partial charge in [0.15, 0.2) is 0 Å². The van der Waals surface area contributed by atoms with Crippen LogP contribution in [0.4, 0.5) is 18.9 Å². The van der Waals surface area contributed by atoms with E-state index in [9.17, 15) is 13.2 Å². The van der Waals surface area contributed by atoms with E-state index in [2.05, 4.69) is 33.0 Å². The molecule has 0 bridgehead atoms. The summed E-state index contributed by atoms with van der Waals surface area (Å²) in [6, 6.07) is 3.89. The van der Waals surface area contributed by atoms with Crippen LogP contribution in [0.1, 0.15) is 18.1 Å². The third-order valence-electron chi connectivity index (χ3n) is 2.62. The van der Waals surface area contributed by atoms with Crippen LogP contribution < -0.4 is 10.6 Å². The van der Waals surface area contributed by atoms with Gasteiger partial charge in [-0.3, -0.25) is 0 Å². The first kappa shape index (κ1) is 16.8. The second-order valence-corrected chi connectivity index (χ2v) is 4.26. The molecule has 0 unspecified atom stereocenters. The molecule has 0 heterocycles. The van der Waals surface area contributed by atoms with Crippen molar-refractivity contribution in [1.29, 1.82) is 0 Å². The smallest absolute Gasteiger partial charge is 0.316 e. The van der Waals surface area contributed by atoms with Crippen molar-refractivity contribution in [2.24, 2.45) is 4.99 Å². The van der Waals surface area contributed by atoms with E-state index in [-0.39, 0.29) is 17.8 Å². The van der Waals surface area contributed by atoms with E-state index in [0.717, 1.165) is 12.6 Å². The molecule has 0 aromatic heterocycles. The number of thiocarbonyl (C=S) groups is 1. The van der Waals surface area contributed by atoms with Crippen LogP contribution in [-0.2, 0) is 12.7 Å². The molecule has 0 aliphatic carbocycles. The van der Waals surface area contributed by atoms with E-state index < -0.39 is 11.7 Å². The Labute approximate surface area is 121 Å². The predicted octanol–water partition coefficient (Wildman–Crippen LogP) is 3.14. The first-order valence-electron chi connectivity index (χ1n) is 6.18. The monoisotopic (exact) mass is 303 g/mol. The summed E-state index contributed by atoms with van der Waals surface area (Å²) < 4.78 is 38.9. The minimum absolute atomic E-state index is 0.155. The molecular formula is C13H16F3N3S. The summed E-state index contributed by atoms with van der Waals surface area (Å²) in [7, 11) is 0. The Bertz CT molecular complexity index is 482. The van der Waals surface area contributed by atoms with Crippen molar-refractivity contribution in [1.82, 2.24) is 10.6 Å². The number of hydrogen-bond donors (Lipinski definition) is 2. The van der Waals surface area contributed by atoms with Crippen molar-refractivity contribution in [3.63, 3.8) is 0 Å². The van der Waals surface area contributed by atoms with Crippen LogP contribution in [-0.4, -0.2) is 24.8 Å². The van der Waals surface area contributed by atoms with E-state index in [1.54, 1.807) is 0 Å². The van der Waals surface area contributed by atoms with E-state index in [0.29, 0.717) is 13.1 Å². The lowest BCUT2D eigenvalue weighted by atomic mass is 10.1. The predicted molar refractivity (Wildman–Crippen MR) is 76.4 cm³/mol. The summed E-state index contributed by atoms with van der Waals surface area (Å²) in [6.07, 6.45) is -4.41. The number of aliphatic imine (C=N–C) groups is 1. The summed E-state index contributed by atoms with van der Waals surface area (Å²) in [6.45, 7) is 4.27. The Morgan fingerprint density at radius 1 is 1.25 bits per heavy atom. The second-order valence-electron chi connectivity index (χ2n) is 4.07. The molecule has 0 aliphatic rings. The van der Waals surface area contributed by atoms with Gasteiger partial charge in [-0.25, -0.2) is 0 Å². The number of halogens is 3. The summed E-state index contributed by atoms with van der Waals surface area (Å²) in [5.74, 6) is 0. The van der Waals surface area contributed by atoms with Gasteiger partial charge in [-0.2, -0.15) is 18.2 Å². The number of likely N-dealkylation sites (N-methyl/N-ethyl adjacent to an activating group) is 1. The minimum atomic E-state index is -4.41. The number of nitrogens with one attached hydrogen (secondary N) is 2. The number of benzene rings is 1. The van der Waals surface area contributed by atoms with Crippen LogP contribution in [0.2, 0.25) is 0 Å². The van der Waals surface area contributed by atoms with Crippen LogP contribution in [0.5, 0.6) is 0 Å². The zero-order valence-electron chi connectivity index (χ0n) is 11.0. The van der Waals surface area contributed by atoms with Gasteiger partial charge in [0, 0.05) is 19.6 Å². The molecule has 1 aromatic rings. The van der Waals surface area contributed by atoms with Gasteiger partial charge in [-0.1, -0.05) is 13.0 Å². The molecule has 1 aromatic carbocycles. The highest BCUT2D eigenvalue weighted by Crippen LogP contribution is 2.34. The molecule has 2 N–H and O–H groups in total. The maximum absolute atomic E-state index is 13.0. The van der Waals surface area contributed by atoms with E-state index in [4.69, 9.17) is 0 Å². The highest BCUT2D eigenvalue weighted by atomic mass is 32.1. The van der Waals surface area contributed by atoms with Gasteiger partial charge >= 0.3 is 6.18 Å². The molecule has 1 rings (SSSR count). The molecular weight excluding hydrogens is 287 g/mol. The molecule has 3 nitrogen and oxygen atoms in total. The average molecular weight is 303 g/mol. The number of isothiocyanates is 1. The molecule has 110 valence electrons. The van der Waals surface area contributed by atoms with Crippen molar-refractivity contribution in [2.45, 2.75) is 19.6 Å². The molecule has 20 heavy (non-hydrogen) atoms. The van der Waals surface area contributed by atoms with Crippen molar-refractivity contribution in [3.8, 4) is 0 Å². The number of alkyl halides is 3. The Hall–Kier alpha value is -1.27. The van der Waals surface area contributed by atoms with Crippen LogP contribution >= 0.6 is 12.2 Å². The van der Waals surface area contributed by atoms with Gasteiger partial charge in [-0.15, -0.1) is 0 Å². The highest BCUT2D eigenvalue weighted by Gasteiger charge is 2.33. The van der Waals surface area contributed by atoms with Crippen LogP contribution in [0.15, 0.2) is 23.2 Å². The Kier molecular flexibility index (Phi) is 6.81. The lowest BCUT2D eigenvalue weighted by Gasteiger charge is -2.14. The van der Waals surface area contributed by atoms with Gasteiger partial charge in [-0.05, 0) is 36.5 Å². The first-order valence-corrected chi connectivity index (χ1v) is 6.59. The molecule has 0 amide bonds. The molecule has 0 aliphatic heterocycles. The summed E-state index contributed by atoms with van der Waals surface area (Å²) in [5.41, 5.74) is -0.346. The first-order chi connectivity index (χ1) is 9.49. The van der Waals surface area contributed by atoms with Gasteiger partial charge in [0.1, 0.15) is 0 Å². The summed E-state index contributed by atoms with van der Waals surface area (Å²) >= 11 is 4.40. The van der Waals surface area contributed by atoms with Gasteiger partial charge in [0.05, 0.1) is 16.4 Å². The van der Waals surface area contributed by atoms with Crippen molar-refractivity contribution >= 4 is 23.1 Å². The van der Waals surface area contributed by atoms with Crippen molar-refractivity contribution < 1.29 is 13.2 Å².